The van der Waals surface area contributed by atoms with Gasteiger partial charge in [0.2, 0.25) is 5.91 Å². The fourth-order valence-corrected chi connectivity index (χ4v) is 2.23. The molecule has 15 heavy (non-hydrogen) atoms. The molecule has 0 aromatic carbocycles. The average Bonchev–Trinajstić information content (AvgIpc) is 2.82. The summed E-state index contributed by atoms with van der Waals surface area (Å²) in [6, 6.07) is 0. The third kappa shape index (κ3) is 3.26. The van der Waals surface area contributed by atoms with Crippen LogP contribution in [0.5, 0.6) is 0 Å². The summed E-state index contributed by atoms with van der Waals surface area (Å²) in [7, 11) is 0. The molecule has 0 spiro atoms. The first-order valence-corrected chi connectivity index (χ1v) is 5.88. The minimum absolute atomic E-state index is 0.288. The summed E-state index contributed by atoms with van der Waals surface area (Å²) in [6.45, 7) is 4.45. The zero-order valence-corrected chi connectivity index (χ0v) is 9.66. The molecule has 3 heteroatoms. The lowest BCUT2D eigenvalue weighted by atomic mass is 10.1. The maximum absolute atomic E-state index is 10.5. The first-order valence-electron chi connectivity index (χ1n) is 5.88. The van der Waals surface area contributed by atoms with Gasteiger partial charge in [-0.3, -0.25) is 4.79 Å². The normalized spacial score (nSPS) is 26.7. The predicted octanol–water partition coefficient (Wildman–Crippen LogP) is 2.22. The minimum Gasteiger partial charge on any atom is -0.497 e. The fraction of sp³-hybridized carbons (Fsp3) is 0.750. The molecule has 2 bridgehead atoms. The molecule has 2 rings (SSSR count). The number of fused-ring (bicyclic) bond motifs is 2. The summed E-state index contributed by atoms with van der Waals surface area (Å²) in [5.41, 5.74) is 5.01. The van der Waals surface area contributed by atoms with E-state index in [9.17, 15) is 4.79 Å². The molecule has 1 amide bonds. The second-order valence-electron chi connectivity index (χ2n) is 3.90. The monoisotopic (exact) mass is 211 g/mol. The largest absolute Gasteiger partial charge is 0.497 e. The lowest BCUT2D eigenvalue weighted by molar-refractivity contribution is -0.118. The highest BCUT2D eigenvalue weighted by Gasteiger charge is 2.33. The summed E-state index contributed by atoms with van der Waals surface area (Å²) in [5.74, 6) is 2.20. The van der Waals surface area contributed by atoms with Crippen LogP contribution in [0.15, 0.2) is 11.8 Å². The molecule has 86 valence electrons. The SMILES string of the molecule is CC.NC(=O)CCOC1=CC2CC[C@H]1C2. The highest BCUT2D eigenvalue weighted by Crippen LogP contribution is 2.43. The van der Waals surface area contributed by atoms with Crippen molar-refractivity contribution in [2.24, 2.45) is 17.6 Å². The summed E-state index contributed by atoms with van der Waals surface area (Å²) < 4.78 is 5.51. The van der Waals surface area contributed by atoms with Gasteiger partial charge in [0, 0.05) is 5.92 Å². The van der Waals surface area contributed by atoms with E-state index in [1.807, 2.05) is 13.8 Å². The molecular weight excluding hydrogens is 190 g/mol. The maximum Gasteiger partial charge on any atom is 0.220 e. The van der Waals surface area contributed by atoms with Crippen molar-refractivity contribution in [2.45, 2.75) is 39.5 Å². The molecule has 0 aliphatic heterocycles. The van der Waals surface area contributed by atoms with Gasteiger partial charge in [0.25, 0.3) is 0 Å². The van der Waals surface area contributed by atoms with Crippen LogP contribution in [0.3, 0.4) is 0 Å². The van der Waals surface area contributed by atoms with E-state index in [1.54, 1.807) is 0 Å². The number of allylic oxidation sites excluding steroid dienone is 2. The van der Waals surface area contributed by atoms with Crippen LogP contribution in [0, 0.1) is 11.8 Å². The van der Waals surface area contributed by atoms with E-state index in [-0.39, 0.29) is 5.91 Å². The molecule has 0 radical (unpaired) electrons. The average molecular weight is 211 g/mol. The second-order valence-corrected chi connectivity index (χ2v) is 3.90. The molecule has 3 nitrogen and oxygen atoms in total. The van der Waals surface area contributed by atoms with Gasteiger partial charge in [0.05, 0.1) is 18.8 Å². The quantitative estimate of drug-likeness (QED) is 0.775. The highest BCUT2D eigenvalue weighted by molar-refractivity contribution is 5.73. The van der Waals surface area contributed by atoms with Gasteiger partial charge < -0.3 is 10.5 Å². The van der Waals surface area contributed by atoms with Crippen molar-refractivity contribution >= 4 is 5.91 Å². The molecule has 2 atom stereocenters. The van der Waals surface area contributed by atoms with Crippen molar-refractivity contribution in [1.82, 2.24) is 0 Å². The Morgan fingerprint density at radius 2 is 2.27 bits per heavy atom. The Bertz CT molecular complexity index is 248. The zero-order valence-electron chi connectivity index (χ0n) is 9.66. The molecule has 2 aliphatic carbocycles. The number of hydrogen-bond donors (Lipinski definition) is 1. The van der Waals surface area contributed by atoms with E-state index in [0.29, 0.717) is 18.9 Å². The number of carbonyl (C=O) groups is 1. The molecule has 0 saturated heterocycles. The van der Waals surface area contributed by atoms with E-state index >= 15 is 0 Å². The standard InChI is InChI=1S/C10H15NO2.C2H6/c11-10(12)3-4-13-9-6-7-1-2-8(9)5-7;1-2/h6-8H,1-5H2,(H2,11,12);1-2H3/t7?,8-;/m0./s1. The molecule has 0 aromatic heterocycles. The lowest BCUT2D eigenvalue weighted by Gasteiger charge is -2.14. The topological polar surface area (TPSA) is 52.3 Å². The van der Waals surface area contributed by atoms with E-state index in [2.05, 4.69) is 6.08 Å². The summed E-state index contributed by atoms with van der Waals surface area (Å²) in [4.78, 5) is 10.5. The van der Waals surface area contributed by atoms with Crippen LogP contribution in [-0.4, -0.2) is 12.5 Å². The molecule has 1 fully saturated rings. The van der Waals surface area contributed by atoms with Crippen molar-refractivity contribution in [3.8, 4) is 0 Å². The Kier molecular flexibility index (Phi) is 4.66. The van der Waals surface area contributed by atoms with E-state index < -0.39 is 0 Å². The molecule has 1 saturated carbocycles. The molecule has 2 N–H and O–H groups in total. The van der Waals surface area contributed by atoms with Crippen LogP contribution in [0.4, 0.5) is 0 Å². The van der Waals surface area contributed by atoms with E-state index in [0.717, 1.165) is 11.7 Å². The Morgan fingerprint density at radius 3 is 2.73 bits per heavy atom. The van der Waals surface area contributed by atoms with Crippen molar-refractivity contribution in [3.63, 3.8) is 0 Å². The number of rotatable bonds is 4. The zero-order chi connectivity index (χ0) is 11.3. The van der Waals surface area contributed by atoms with Crippen molar-refractivity contribution in [1.29, 1.82) is 0 Å². The number of hydrogen-bond acceptors (Lipinski definition) is 2. The van der Waals surface area contributed by atoms with Gasteiger partial charge in [-0.15, -0.1) is 0 Å². The minimum atomic E-state index is -0.288. The Labute approximate surface area is 91.7 Å². The molecular formula is C12H21NO2. The van der Waals surface area contributed by atoms with Crippen LogP contribution in [-0.2, 0) is 9.53 Å². The van der Waals surface area contributed by atoms with Gasteiger partial charge in [0.1, 0.15) is 0 Å². The van der Waals surface area contributed by atoms with Crippen LogP contribution in [0.25, 0.3) is 0 Å². The number of carbonyl (C=O) groups excluding carboxylic acids is 1. The van der Waals surface area contributed by atoms with Gasteiger partial charge in [-0.2, -0.15) is 0 Å². The Hall–Kier alpha value is -0.990. The Balaban J connectivity index is 0.000000531. The highest BCUT2D eigenvalue weighted by atomic mass is 16.5. The van der Waals surface area contributed by atoms with Gasteiger partial charge in [0.15, 0.2) is 0 Å². The third-order valence-electron chi connectivity index (χ3n) is 2.89. The van der Waals surface area contributed by atoms with Crippen LogP contribution in [0.2, 0.25) is 0 Å². The molecule has 0 heterocycles. The molecule has 1 unspecified atom stereocenters. The summed E-state index contributed by atoms with van der Waals surface area (Å²) >= 11 is 0. The first kappa shape index (κ1) is 12.1. The van der Waals surface area contributed by atoms with Crippen molar-refractivity contribution in [2.75, 3.05) is 6.61 Å². The number of primary amides is 1. The van der Waals surface area contributed by atoms with Gasteiger partial charge >= 0.3 is 0 Å². The lowest BCUT2D eigenvalue weighted by Crippen LogP contribution is -2.14. The maximum atomic E-state index is 10.5. The van der Waals surface area contributed by atoms with Gasteiger partial charge in [-0.1, -0.05) is 13.8 Å². The van der Waals surface area contributed by atoms with Crippen molar-refractivity contribution < 1.29 is 9.53 Å². The number of amides is 1. The Morgan fingerprint density at radius 1 is 1.53 bits per heavy atom. The summed E-state index contributed by atoms with van der Waals surface area (Å²) in [5, 5.41) is 0. The van der Waals surface area contributed by atoms with Crippen LogP contribution in [0.1, 0.15) is 39.5 Å². The predicted molar refractivity (Wildman–Crippen MR) is 60.0 cm³/mol. The number of nitrogens with two attached hydrogens (primary N) is 1. The summed E-state index contributed by atoms with van der Waals surface area (Å²) in [6.07, 6.45) is 6.37. The molecule has 0 aromatic rings. The first-order chi connectivity index (χ1) is 7.25. The third-order valence-corrected chi connectivity index (χ3v) is 2.89. The fourth-order valence-electron chi connectivity index (χ4n) is 2.23. The second kappa shape index (κ2) is 5.79. The molecule has 2 aliphatic rings. The number of ether oxygens (including phenoxy) is 1. The van der Waals surface area contributed by atoms with Gasteiger partial charge in [-0.25, -0.2) is 0 Å². The van der Waals surface area contributed by atoms with Gasteiger partial charge in [-0.05, 0) is 31.3 Å². The van der Waals surface area contributed by atoms with E-state index in [4.69, 9.17) is 10.5 Å². The van der Waals surface area contributed by atoms with Crippen LogP contribution >= 0.6 is 0 Å². The van der Waals surface area contributed by atoms with Crippen LogP contribution < -0.4 is 5.73 Å². The van der Waals surface area contributed by atoms with Crippen molar-refractivity contribution in [3.05, 3.63) is 11.8 Å². The van der Waals surface area contributed by atoms with E-state index in [1.165, 1.54) is 19.3 Å². The smallest absolute Gasteiger partial charge is 0.220 e.